The maximum absolute atomic E-state index is 15.4. The molecule has 4 aromatic carbocycles. The summed E-state index contributed by atoms with van der Waals surface area (Å²) in [6.07, 6.45) is 4.14. The van der Waals surface area contributed by atoms with Gasteiger partial charge in [-0.15, -0.1) is 24.9 Å². The minimum Gasteiger partial charge on any atom is -0.394 e. The molecule has 3 aliphatic rings. The quantitative estimate of drug-likeness (QED) is 0.169. The summed E-state index contributed by atoms with van der Waals surface area (Å²) in [4.78, 5) is 50.4. The highest BCUT2D eigenvalue weighted by molar-refractivity contribution is 8.02. The number of aliphatic hydroxyl groups excluding tert-OH is 1. The van der Waals surface area contributed by atoms with Crippen LogP contribution in [0.5, 0.6) is 0 Å². The predicted octanol–water partition coefficient (Wildman–Crippen LogP) is 6.64. The lowest BCUT2D eigenvalue weighted by Gasteiger charge is -2.42. The van der Waals surface area contributed by atoms with Gasteiger partial charge < -0.3 is 19.8 Å². The van der Waals surface area contributed by atoms with Crippen molar-refractivity contribution >= 4 is 45.9 Å². The maximum Gasteiger partial charge on any atom is 0.251 e. The fourth-order valence-electron chi connectivity index (χ4n) is 8.73. The number of carbonyl (C=O) groups is 3. The second-order valence-corrected chi connectivity index (χ2v) is 15.2. The van der Waals surface area contributed by atoms with Gasteiger partial charge in [0.05, 0.1) is 29.2 Å². The van der Waals surface area contributed by atoms with Gasteiger partial charge in [0.15, 0.2) is 0 Å². The van der Waals surface area contributed by atoms with Crippen LogP contribution in [0.15, 0.2) is 128 Å². The summed E-state index contributed by atoms with van der Waals surface area (Å²) in [6.45, 7) is 10.6. The molecule has 8 heteroatoms. The Kier molecular flexibility index (Phi) is 9.42. The summed E-state index contributed by atoms with van der Waals surface area (Å²) in [6, 6.07) is 31.5. The maximum atomic E-state index is 15.4. The molecule has 7 atom stereocenters. The lowest BCUT2D eigenvalue weighted by atomic mass is 9.65. The summed E-state index contributed by atoms with van der Waals surface area (Å²) in [5.74, 6) is -1.95. The summed E-state index contributed by atoms with van der Waals surface area (Å²) in [5, 5.41) is 12.9. The van der Waals surface area contributed by atoms with Crippen LogP contribution >= 0.6 is 11.8 Å². The number of anilines is 1. The van der Waals surface area contributed by atoms with E-state index in [1.54, 1.807) is 38.6 Å². The summed E-state index contributed by atoms with van der Waals surface area (Å²) >= 11 is 1.65. The Morgan fingerprint density at radius 1 is 0.920 bits per heavy atom. The van der Waals surface area contributed by atoms with E-state index in [4.69, 9.17) is 0 Å². The van der Waals surface area contributed by atoms with E-state index in [1.165, 1.54) is 0 Å². The van der Waals surface area contributed by atoms with Crippen LogP contribution in [0.2, 0.25) is 0 Å². The van der Waals surface area contributed by atoms with E-state index in [0.717, 1.165) is 21.9 Å². The number of rotatable bonds is 12. The number of thioether (sulfide) groups is 1. The molecule has 1 spiro atoms. The number of fused-ring (bicyclic) bond motifs is 2. The van der Waals surface area contributed by atoms with Gasteiger partial charge in [-0.05, 0) is 46.4 Å². The van der Waals surface area contributed by atoms with Gasteiger partial charge in [-0.3, -0.25) is 14.4 Å². The molecule has 4 aromatic rings. The Balaban J connectivity index is 1.35. The molecule has 0 radical (unpaired) electrons. The molecule has 2 bridgehead atoms. The predicted molar refractivity (Wildman–Crippen MR) is 200 cm³/mol. The molecule has 3 saturated heterocycles. The number of benzene rings is 4. The zero-order valence-electron chi connectivity index (χ0n) is 28.3. The van der Waals surface area contributed by atoms with E-state index in [1.807, 2.05) is 103 Å². The molecule has 256 valence electrons. The topological polar surface area (TPSA) is 81.2 Å². The first-order valence-electron chi connectivity index (χ1n) is 17.3. The molecule has 1 N–H and O–H groups in total. The van der Waals surface area contributed by atoms with Gasteiger partial charge in [0.25, 0.3) is 5.91 Å². The smallest absolute Gasteiger partial charge is 0.251 e. The van der Waals surface area contributed by atoms with Gasteiger partial charge in [-0.1, -0.05) is 110 Å². The van der Waals surface area contributed by atoms with E-state index >= 15 is 9.59 Å². The van der Waals surface area contributed by atoms with Crippen molar-refractivity contribution in [3.05, 3.63) is 140 Å². The second kappa shape index (κ2) is 13.9. The first-order valence-corrected chi connectivity index (χ1v) is 18.2. The average Bonchev–Trinajstić information content (AvgIpc) is 3.74. The fraction of sp³-hybridized carbons (Fsp3) is 0.310. The van der Waals surface area contributed by atoms with Gasteiger partial charge in [0, 0.05) is 30.6 Å². The van der Waals surface area contributed by atoms with E-state index < -0.39 is 28.7 Å². The molecule has 3 fully saturated rings. The largest absolute Gasteiger partial charge is 0.394 e. The molecular weight excluding hydrogens is 643 g/mol. The molecule has 7 nitrogen and oxygen atoms in total. The number of hydrogen-bond donors (Lipinski definition) is 1. The van der Waals surface area contributed by atoms with Crippen molar-refractivity contribution in [2.45, 2.75) is 42.0 Å². The number of likely N-dealkylation sites (tertiary alicyclic amines) is 1. The lowest BCUT2D eigenvalue weighted by Crippen LogP contribution is -2.58. The third kappa shape index (κ3) is 5.55. The van der Waals surface area contributed by atoms with Gasteiger partial charge in [-0.25, -0.2) is 0 Å². The van der Waals surface area contributed by atoms with Crippen LogP contribution < -0.4 is 4.90 Å². The number of amides is 3. The molecule has 7 rings (SSSR count). The van der Waals surface area contributed by atoms with Crippen LogP contribution in [-0.2, 0) is 20.9 Å². The van der Waals surface area contributed by atoms with Crippen molar-refractivity contribution < 1.29 is 19.5 Å². The molecule has 3 heterocycles. The minimum atomic E-state index is -0.923. The van der Waals surface area contributed by atoms with Gasteiger partial charge in [-0.2, -0.15) is 0 Å². The first-order chi connectivity index (χ1) is 24.3. The SMILES string of the molecule is C=CCN(Cc1ccccc1)C(=O)[C@@H]1[C@@H]2CC(C)C3(S2)C(C(=O)N(CC=C)c2ccc4ccccc4c2)N([C@H](CO)c2ccccc2)C(=O)[C@H]13. The monoisotopic (exact) mass is 685 g/mol. The van der Waals surface area contributed by atoms with E-state index in [2.05, 4.69) is 20.1 Å². The first kappa shape index (κ1) is 33.8. The summed E-state index contributed by atoms with van der Waals surface area (Å²) in [5.41, 5.74) is 2.44. The van der Waals surface area contributed by atoms with Crippen molar-refractivity contribution in [1.82, 2.24) is 9.80 Å². The average molecular weight is 686 g/mol. The Labute approximate surface area is 298 Å². The second-order valence-electron chi connectivity index (χ2n) is 13.7. The summed E-state index contributed by atoms with van der Waals surface area (Å²) < 4.78 is -0.871. The van der Waals surface area contributed by atoms with Crippen LogP contribution in [0.1, 0.15) is 30.5 Å². The van der Waals surface area contributed by atoms with Gasteiger partial charge >= 0.3 is 0 Å². The molecule has 50 heavy (non-hydrogen) atoms. The third-order valence-corrected chi connectivity index (χ3v) is 13.0. The number of aliphatic hydroxyl groups is 1. The molecule has 3 unspecified atom stereocenters. The van der Waals surface area contributed by atoms with Crippen molar-refractivity contribution in [2.24, 2.45) is 17.8 Å². The fourth-order valence-corrected chi connectivity index (χ4v) is 11.1. The highest BCUT2D eigenvalue weighted by Crippen LogP contribution is 2.69. The van der Waals surface area contributed by atoms with E-state index in [0.29, 0.717) is 25.2 Å². The number of hydrogen-bond acceptors (Lipinski definition) is 5. The van der Waals surface area contributed by atoms with Crippen LogP contribution in [0, 0.1) is 17.8 Å². The van der Waals surface area contributed by atoms with Gasteiger partial charge in [0.1, 0.15) is 6.04 Å². The molecular formula is C42H43N3O4S. The molecule has 3 aliphatic heterocycles. The molecule has 3 amide bonds. The number of nitrogens with zero attached hydrogens (tertiary/aromatic N) is 3. The Morgan fingerprint density at radius 3 is 2.26 bits per heavy atom. The molecule has 0 aromatic heterocycles. The highest BCUT2D eigenvalue weighted by Gasteiger charge is 2.77. The molecule has 0 saturated carbocycles. The highest BCUT2D eigenvalue weighted by atomic mass is 32.2. The van der Waals surface area contributed by atoms with Crippen LogP contribution in [0.25, 0.3) is 10.8 Å². The van der Waals surface area contributed by atoms with Crippen molar-refractivity contribution in [2.75, 3.05) is 24.6 Å². The van der Waals surface area contributed by atoms with Crippen LogP contribution in [0.4, 0.5) is 5.69 Å². The van der Waals surface area contributed by atoms with Crippen LogP contribution in [0.3, 0.4) is 0 Å². The molecule has 0 aliphatic carbocycles. The van der Waals surface area contributed by atoms with Crippen molar-refractivity contribution in [1.29, 1.82) is 0 Å². The Bertz CT molecular complexity index is 1920. The third-order valence-electron chi connectivity index (χ3n) is 10.9. The van der Waals surface area contributed by atoms with Crippen molar-refractivity contribution in [3.63, 3.8) is 0 Å². The Morgan fingerprint density at radius 2 is 1.58 bits per heavy atom. The van der Waals surface area contributed by atoms with E-state index in [-0.39, 0.29) is 42.0 Å². The normalized spacial score (nSPS) is 25.7. The zero-order chi connectivity index (χ0) is 35.0. The standard InChI is InChI=1S/C42H43N3O4S/c1-4-22-43(26-29-14-8-6-9-15-29)39(47)36-35-24-28(3)42(50-35)37(36)40(48)45(34(27-46)31-17-10-7-11-18-31)38(42)41(49)44(23-5-2)33-21-20-30-16-12-13-19-32(30)25-33/h4-21,25,28,34-38,46H,1-2,22-24,26-27H2,3H3/t28?,34-,35+,36-,37+,38?,42?/m1/s1. The summed E-state index contributed by atoms with van der Waals surface area (Å²) in [7, 11) is 0. The van der Waals surface area contributed by atoms with E-state index in [9.17, 15) is 9.90 Å². The lowest BCUT2D eigenvalue weighted by molar-refractivity contribution is -0.146. The number of carbonyl (C=O) groups excluding carboxylic acids is 3. The zero-order valence-corrected chi connectivity index (χ0v) is 29.1. The Hall–Kier alpha value is -4.66. The van der Waals surface area contributed by atoms with Crippen molar-refractivity contribution in [3.8, 4) is 0 Å². The van der Waals surface area contributed by atoms with Crippen LogP contribution in [-0.4, -0.2) is 68.4 Å². The minimum absolute atomic E-state index is 0.0336. The van der Waals surface area contributed by atoms with Gasteiger partial charge in [0.2, 0.25) is 11.8 Å².